The summed E-state index contributed by atoms with van der Waals surface area (Å²) in [6.07, 6.45) is 1.23. The van der Waals surface area contributed by atoms with Crippen molar-refractivity contribution in [1.82, 2.24) is 0 Å². The molecule has 0 radical (unpaired) electrons. The fraction of sp³-hybridized carbons (Fsp3) is 0.389. The lowest BCUT2D eigenvalue weighted by molar-refractivity contribution is -0.574. The van der Waals surface area contributed by atoms with Crippen LogP contribution in [0.25, 0.3) is 0 Å². The molecule has 0 N–H and O–H groups in total. The van der Waals surface area contributed by atoms with Gasteiger partial charge in [0, 0.05) is 29.2 Å². The summed E-state index contributed by atoms with van der Waals surface area (Å²) in [4.78, 5) is 23.6. The number of esters is 1. The first-order valence-corrected chi connectivity index (χ1v) is 8.74. The van der Waals surface area contributed by atoms with Crippen molar-refractivity contribution in [1.29, 1.82) is 0 Å². The number of hydrogen-bond donors (Lipinski definition) is 0. The largest absolute Gasteiger partial charge is 0.469 e. The third kappa shape index (κ3) is 3.61. The molecule has 1 aliphatic carbocycles. The Hall–Kier alpha value is -2.15. The molecule has 0 bridgehead atoms. The van der Waals surface area contributed by atoms with E-state index in [1.165, 1.54) is 13.8 Å². The van der Waals surface area contributed by atoms with E-state index in [1.807, 2.05) is 6.07 Å². The van der Waals surface area contributed by atoms with Crippen LogP contribution in [0.4, 0.5) is 0 Å². The zero-order valence-corrected chi connectivity index (χ0v) is 15.4. The van der Waals surface area contributed by atoms with Crippen molar-refractivity contribution in [3.8, 4) is 0 Å². The van der Waals surface area contributed by atoms with Crippen LogP contribution in [0.1, 0.15) is 43.6 Å². The minimum atomic E-state index is -1.45. The van der Waals surface area contributed by atoms with E-state index >= 15 is 0 Å². The minimum absolute atomic E-state index is 0.00761. The first-order valence-electron chi connectivity index (χ1n) is 7.94. The highest BCUT2D eigenvalue weighted by Crippen LogP contribution is 2.49. The lowest BCUT2D eigenvalue weighted by atomic mass is 9.91. The zero-order chi connectivity index (χ0) is 18.2. The van der Waals surface area contributed by atoms with Crippen molar-refractivity contribution in [2.75, 3.05) is 0 Å². The van der Waals surface area contributed by atoms with Gasteiger partial charge in [0.15, 0.2) is 6.10 Å². The van der Waals surface area contributed by atoms with Gasteiger partial charge in [-0.25, -0.2) is 0 Å². The highest BCUT2D eigenvalue weighted by Gasteiger charge is 2.51. The summed E-state index contributed by atoms with van der Waals surface area (Å²) in [5.41, 5.74) is -0.855. The maximum Gasteiger partial charge on any atom is 0.310 e. The van der Waals surface area contributed by atoms with E-state index in [4.69, 9.17) is 9.15 Å². The fourth-order valence-corrected chi connectivity index (χ4v) is 3.09. The number of carbonyl (C=O) groups excluding carboxylic acids is 1. The third-order valence-corrected chi connectivity index (χ3v) is 5.05. The number of nitro groups is 1. The second-order valence-electron chi connectivity index (χ2n) is 6.74. The van der Waals surface area contributed by atoms with E-state index in [0.29, 0.717) is 12.0 Å². The molecule has 0 amide bonds. The Bertz CT molecular complexity index is 769. The highest BCUT2D eigenvalue weighted by atomic mass is 79.9. The number of ether oxygens (including phenoxy) is 1. The number of carbonyl (C=O) groups is 1. The van der Waals surface area contributed by atoms with Crippen LogP contribution in [-0.2, 0) is 9.53 Å². The van der Waals surface area contributed by atoms with Crippen molar-refractivity contribution in [3.63, 3.8) is 0 Å². The van der Waals surface area contributed by atoms with Crippen LogP contribution in [0.2, 0.25) is 0 Å². The molecule has 1 aromatic carbocycles. The summed E-state index contributed by atoms with van der Waals surface area (Å²) in [6.45, 7) is 2.92. The number of hydrogen-bond acceptors (Lipinski definition) is 5. The molecule has 7 heteroatoms. The van der Waals surface area contributed by atoms with Gasteiger partial charge in [0.25, 0.3) is 5.54 Å². The second kappa shape index (κ2) is 6.63. The number of nitrogens with zero attached hydrogens (tertiary/aromatic N) is 1. The molecule has 0 saturated heterocycles. The molecular weight excluding hydrogens is 390 g/mol. The first kappa shape index (κ1) is 17.7. The number of rotatable bonds is 6. The lowest BCUT2D eigenvalue weighted by Gasteiger charge is -2.27. The van der Waals surface area contributed by atoms with E-state index < -0.39 is 22.5 Å². The van der Waals surface area contributed by atoms with Gasteiger partial charge in [0.2, 0.25) is 0 Å². The summed E-state index contributed by atoms with van der Waals surface area (Å²) in [6, 6.07) is 10.6. The molecular formula is C18H18BrNO5. The summed E-state index contributed by atoms with van der Waals surface area (Å²) >= 11 is 3.34. The number of benzene rings is 1. The molecule has 3 atom stereocenters. The molecule has 0 unspecified atom stereocenters. The van der Waals surface area contributed by atoms with Gasteiger partial charge in [0.1, 0.15) is 5.76 Å². The Kier molecular flexibility index (Phi) is 4.69. The first-order chi connectivity index (χ1) is 11.8. The van der Waals surface area contributed by atoms with Gasteiger partial charge >= 0.3 is 5.97 Å². The fourth-order valence-electron chi connectivity index (χ4n) is 2.83. The van der Waals surface area contributed by atoms with Gasteiger partial charge in [-0.2, -0.15) is 0 Å². The molecule has 0 aliphatic heterocycles. The quantitative estimate of drug-likeness (QED) is 0.400. The summed E-state index contributed by atoms with van der Waals surface area (Å²) in [7, 11) is 0. The van der Waals surface area contributed by atoms with Crippen molar-refractivity contribution in [2.45, 2.75) is 37.8 Å². The van der Waals surface area contributed by atoms with E-state index in [0.717, 1.165) is 10.2 Å². The van der Waals surface area contributed by atoms with Crippen LogP contribution < -0.4 is 0 Å². The van der Waals surface area contributed by atoms with Crippen LogP contribution >= 0.6 is 15.9 Å². The lowest BCUT2D eigenvalue weighted by Crippen LogP contribution is -2.40. The maximum absolute atomic E-state index is 12.5. The van der Waals surface area contributed by atoms with Gasteiger partial charge in [-0.15, -0.1) is 0 Å². The van der Waals surface area contributed by atoms with Crippen LogP contribution in [0.15, 0.2) is 51.6 Å². The summed E-state index contributed by atoms with van der Waals surface area (Å²) < 4.78 is 11.8. The van der Waals surface area contributed by atoms with E-state index in [1.54, 1.807) is 36.6 Å². The predicted octanol–water partition coefficient (Wildman–Crippen LogP) is 4.49. The normalized spacial score (nSPS) is 20.8. The number of halogens is 1. The van der Waals surface area contributed by atoms with Crippen LogP contribution in [0.5, 0.6) is 0 Å². The Morgan fingerprint density at radius 2 is 2.04 bits per heavy atom. The van der Waals surface area contributed by atoms with Crippen molar-refractivity contribution >= 4 is 21.9 Å². The Morgan fingerprint density at radius 1 is 1.36 bits per heavy atom. The molecule has 1 aromatic heterocycles. The summed E-state index contributed by atoms with van der Waals surface area (Å²) in [5, 5.41) is 11.5. The monoisotopic (exact) mass is 407 g/mol. The molecule has 2 aromatic rings. The van der Waals surface area contributed by atoms with Crippen LogP contribution in [-0.4, -0.2) is 16.4 Å². The third-order valence-electron chi connectivity index (χ3n) is 4.52. The predicted molar refractivity (Wildman–Crippen MR) is 93.6 cm³/mol. The Balaban J connectivity index is 1.79. The Morgan fingerprint density at radius 3 is 2.60 bits per heavy atom. The average Bonchev–Trinajstić information content (AvgIpc) is 3.18. The van der Waals surface area contributed by atoms with E-state index in [2.05, 4.69) is 15.9 Å². The molecule has 1 saturated carbocycles. The minimum Gasteiger partial charge on any atom is -0.469 e. The van der Waals surface area contributed by atoms with Gasteiger partial charge < -0.3 is 9.15 Å². The molecule has 0 spiro atoms. The number of furan rings is 1. The standard InChI is InChI=1S/C18H18BrNO5/c1-18(2,20(22)23)16(11-5-7-12(19)8-6-11)25-17(21)14-10-13(14)15-4-3-9-24-15/h3-9,13-14,16H,10H2,1-2H3/t13-,14+,16-/m1/s1. The van der Waals surface area contributed by atoms with Crippen LogP contribution in [0.3, 0.4) is 0 Å². The topological polar surface area (TPSA) is 82.6 Å². The van der Waals surface area contributed by atoms with Gasteiger partial charge in [-0.3, -0.25) is 14.9 Å². The molecule has 1 aliphatic rings. The van der Waals surface area contributed by atoms with Gasteiger partial charge in [-0.1, -0.05) is 28.1 Å². The van der Waals surface area contributed by atoms with Gasteiger partial charge in [0.05, 0.1) is 12.2 Å². The van der Waals surface area contributed by atoms with Crippen LogP contribution in [0, 0.1) is 16.0 Å². The zero-order valence-electron chi connectivity index (χ0n) is 13.8. The molecule has 6 nitrogen and oxygen atoms in total. The van der Waals surface area contributed by atoms with E-state index in [9.17, 15) is 14.9 Å². The SMILES string of the molecule is CC(C)([C@H](OC(=O)[C@H]1C[C@H]1c1ccco1)c1ccc(Br)cc1)[N+](=O)[O-]. The molecule has 1 heterocycles. The smallest absolute Gasteiger partial charge is 0.310 e. The van der Waals surface area contributed by atoms with Crippen molar-refractivity contribution in [2.24, 2.45) is 5.92 Å². The van der Waals surface area contributed by atoms with Crippen molar-refractivity contribution in [3.05, 3.63) is 68.6 Å². The second-order valence-corrected chi connectivity index (χ2v) is 7.66. The molecule has 1 fully saturated rings. The summed E-state index contributed by atoms with van der Waals surface area (Å²) in [5.74, 6) is -0.00152. The molecule has 3 rings (SSSR count). The van der Waals surface area contributed by atoms with Gasteiger partial charge in [-0.05, 0) is 36.2 Å². The highest BCUT2D eigenvalue weighted by molar-refractivity contribution is 9.10. The van der Waals surface area contributed by atoms with E-state index in [-0.39, 0.29) is 11.8 Å². The maximum atomic E-state index is 12.5. The molecule has 25 heavy (non-hydrogen) atoms. The van der Waals surface area contributed by atoms with Crippen molar-refractivity contribution < 1.29 is 18.9 Å². The average molecular weight is 408 g/mol. The Labute approximate surface area is 153 Å². The molecule has 132 valence electrons.